The standard InChI is InChI=1S/C27H36N8O2S/c1-22-6-5-12-29-25(22)18-28-11-3-4-13-33-38(36,37)24-9-7-23(8-10-24)19-35(20-26-30-14-15-31-26)21-27-32-16-17-34(27)2/h5-10,12,14-17,28,33H,3-4,11,13,18-21H2,1-2H3,(H,30,31). The van der Waals surface area contributed by atoms with Crippen LogP contribution in [0, 0.1) is 6.92 Å². The molecule has 0 fully saturated rings. The molecule has 3 N–H and O–H groups in total. The summed E-state index contributed by atoms with van der Waals surface area (Å²) in [4.78, 5) is 18.8. The van der Waals surface area contributed by atoms with Gasteiger partial charge in [-0.1, -0.05) is 18.2 Å². The number of aromatic nitrogens is 5. The second kappa shape index (κ2) is 13.4. The first-order valence-corrected chi connectivity index (χ1v) is 14.3. The third kappa shape index (κ3) is 8.06. The van der Waals surface area contributed by atoms with Crippen LogP contribution in [0.2, 0.25) is 0 Å². The highest BCUT2D eigenvalue weighted by Crippen LogP contribution is 2.15. The summed E-state index contributed by atoms with van der Waals surface area (Å²) in [6.07, 6.45) is 10.7. The summed E-state index contributed by atoms with van der Waals surface area (Å²) in [6, 6.07) is 11.0. The van der Waals surface area contributed by atoms with Crippen molar-refractivity contribution >= 4 is 10.0 Å². The Bertz CT molecular complexity index is 1370. The van der Waals surface area contributed by atoms with Crippen molar-refractivity contribution in [1.29, 1.82) is 0 Å². The summed E-state index contributed by atoms with van der Waals surface area (Å²) in [6.45, 7) is 5.86. The van der Waals surface area contributed by atoms with E-state index in [-0.39, 0.29) is 4.90 Å². The van der Waals surface area contributed by atoms with Crippen molar-refractivity contribution in [3.05, 3.63) is 95.9 Å². The number of unbranched alkanes of at least 4 members (excludes halogenated alkanes) is 1. The lowest BCUT2D eigenvalue weighted by Gasteiger charge is -2.21. The van der Waals surface area contributed by atoms with Gasteiger partial charge in [-0.25, -0.2) is 23.1 Å². The van der Waals surface area contributed by atoms with Crippen LogP contribution >= 0.6 is 0 Å². The molecule has 0 atom stereocenters. The second-order valence-corrected chi connectivity index (χ2v) is 11.1. The second-order valence-electron chi connectivity index (χ2n) is 9.33. The Labute approximate surface area is 224 Å². The molecule has 4 rings (SSSR count). The number of rotatable bonds is 15. The van der Waals surface area contributed by atoms with Gasteiger partial charge in [0.1, 0.15) is 11.6 Å². The van der Waals surface area contributed by atoms with Crippen LogP contribution < -0.4 is 10.0 Å². The van der Waals surface area contributed by atoms with Crippen molar-refractivity contribution in [2.75, 3.05) is 13.1 Å². The van der Waals surface area contributed by atoms with Gasteiger partial charge in [0.2, 0.25) is 10.0 Å². The zero-order chi connectivity index (χ0) is 26.8. The van der Waals surface area contributed by atoms with Gasteiger partial charge in [-0.3, -0.25) is 9.88 Å². The topological polar surface area (TPSA) is 121 Å². The summed E-state index contributed by atoms with van der Waals surface area (Å²) in [5.41, 5.74) is 3.22. The first-order valence-electron chi connectivity index (χ1n) is 12.8. The average molecular weight is 537 g/mol. The number of hydrogen-bond acceptors (Lipinski definition) is 7. The number of H-pyrrole nitrogens is 1. The Balaban J connectivity index is 1.24. The number of pyridine rings is 1. The van der Waals surface area contributed by atoms with Crippen LogP contribution in [-0.2, 0) is 43.2 Å². The molecule has 0 amide bonds. The molecule has 0 bridgehead atoms. The molecule has 38 heavy (non-hydrogen) atoms. The van der Waals surface area contributed by atoms with E-state index in [1.807, 2.05) is 49.0 Å². The Morgan fingerprint density at radius 3 is 2.47 bits per heavy atom. The van der Waals surface area contributed by atoms with Gasteiger partial charge < -0.3 is 14.9 Å². The number of imidazole rings is 2. The Morgan fingerprint density at radius 2 is 1.76 bits per heavy atom. The van der Waals surface area contributed by atoms with Gasteiger partial charge in [0.25, 0.3) is 0 Å². The lowest BCUT2D eigenvalue weighted by molar-refractivity contribution is 0.233. The highest BCUT2D eigenvalue weighted by Gasteiger charge is 2.15. The monoisotopic (exact) mass is 536 g/mol. The summed E-state index contributed by atoms with van der Waals surface area (Å²) < 4.78 is 30.2. The molecule has 0 unspecified atom stereocenters. The van der Waals surface area contributed by atoms with Gasteiger partial charge in [-0.15, -0.1) is 0 Å². The fourth-order valence-electron chi connectivity index (χ4n) is 4.12. The average Bonchev–Trinajstić information content (AvgIpc) is 3.56. The number of sulfonamides is 1. The van der Waals surface area contributed by atoms with Crippen molar-refractivity contribution in [3.63, 3.8) is 0 Å². The maximum Gasteiger partial charge on any atom is 0.240 e. The summed E-state index contributed by atoms with van der Waals surface area (Å²) in [5, 5.41) is 3.37. The van der Waals surface area contributed by atoms with Crippen molar-refractivity contribution in [2.24, 2.45) is 7.05 Å². The molecule has 202 valence electrons. The van der Waals surface area contributed by atoms with Crippen molar-refractivity contribution < 1.29 is 8.42 Å². The van der Waals surface area contributed by atoms with Crippen LogP contribution in [-0.4, -0.2) is 50.9 Å². The van der Waals surface area contributed by atoms with Crippen LogP contribution in [0.15, 0.2) is 72.3 Å². The molecule has 0 aliphatic heterocycles. The van der Waals surface area contributed by atoms with Crippen LogP contribution in [0.4, 0.5) is 0 Å². The summed E-state index contributed by atoms with van der Waals surface area (Å²) >= 11 is 0. The fraction of sp³-hybridized carbons (Fsp3) is 0.370. The maximum atomic E-state index is 12.8. The molecular weight excluding hydrogens is 500 g/mol. The number of benzene rings is 1. The largest absolute Gasteiger partial charge is 0.348 e. The highest BCUT2D eigenvalue weighted by molar-refractivity contribution is 7.89. The Hall–Kier alpha value is -3.38. The molecule has 1 aromatic carbocycles. The third-order valence-corrected chi connectivity index (χ3v) is 7.81. The van der Waals surface area contributed by atoms with E-state index >= 15 is 0 Å². The SMILES string of the molecule is Cc1cccnc1CNCCCCNS(=O)(=O)c1ccc(CN(Cc2ncc[nH]2)Cc2nccn2C)cc1. The van der Waals surface area contributed by atoms with Crippen molar-refractivity contribution in [3.8, 4) is 0 Å². The van der Waals surface area contributed by atoms with Gasteiger partial charge >= 0.3 is 0 Å². The molecule has 0 radical (unpaired) electrons. The van der Waals surface area contributed by atoms with E-state index in [1.54, 1.807) is 36.9 Å². The highest BCUT2D eigenvalue weighted by atomic mass is 32.2. The number of aromatic amines is 1. The predicted molar refractivity (Wildman–Crippen MR) is 146 cm³/mol. The van der Waals surface area contributed by atoms with Crippen LogP contribution in [0.3, 0.4) is 0 Å². The van der Waals surface area contributed by atoms with Crippen LogP contribution in [0.1, 0.15) is 41.3 Å². The molecule has 3 aromatic heterocycles. The lowest BCUT2D eigenvalue weighted by atomic mass is 10.2. The van der Waals surface area contributed by atoms with Crippen LogP contribution in [0.5, 0.6) is 0 Å². The molecular formula is C27H36N8O2S. The quantitative estimate of drug-likeness (QED) is 0.200. The predicted octanol–water partition coefficient (Wildman–Crippen LogP) is 2.90. The van der Waals surface area contributed by atoms with E-state index in [0.717, 1.165) is 47.9 Å². The van der Waals surface area contributed by atoms with Crippen LogP contribution in [0.25, 0.3) is 0 Å². The minimum atomic E-state index is -3.56. The van der Waals surface area contributed by atoms with Gasteiger partial charge in [0.15, 0.2) is 0 Å². The summed E-state index contributed by atoms with van der Waals surface area (Å²) in [5.74, 6) is 1.81. The minimum Gasteiger partial charge on any atom is -0.348 e. The van der Waals surface area contributed by atoms with E-state index < -0.39 is 10.0 Å². The van der Waals surface area contributed by atoms with Crippen molar-refractivity contribution in [2.45, 2.75) is 50.8 Å². The fourth-order valence-corrected chi connectivity index (χ4v) is 5.19. The number of hydrogen-bond donors (Lipinski definition) is 3. The Kier molecular flexibility index (Phi) is 9.77. The van der Waals surface area contributed by atoms with Crippen molar-refractivity contribution in [1.82, 2.24) is 39.4 Å². The zero-order valence-electron chi connectivity index (χ0n) is 22.0. The molecule has 0 spiro atoms. The smallest absolute Gasteiger partial charge is 0.240 e. The third-order valence-electron chi connectivity index (χ3n) is 6.34. The molecule has 0 saturated carbocycles. The number of nitrogens with zero attached hydrogens (tertiary/aromatic N) is 5. The zero-order valence-corrected chi connectivity index (χ0v) is 22.8. The van der Waals surface area contributed by atoms with E-state index in [1.165, 1.54) is 0 Å². The van der Waals surface area contributed by atoms with E-state index in [4.69, 9.17) is 0 Å². The van der Waals surface area contributed by atoms with E-state index in [2.05, 4.69) is 34.9 Å². The normalized spacial score (nSPS) is 11.9. The van der Waals surface area contributed by atoms with Gasteiger partial charge in [-0.2, -0.15) is 0 Å². The lowest BCUT2D eigenvalue weighted by Crippen LogP contribution is -2.26. The first kappa shape index (κ1) is 27.6. The minimum absolute atomic E-state index is 0.270. The maximum absolute atomic E-state index is 12.8. The molecule has 0 aliphatic rings. The van der Waals surface area contributed by atoms with E-state index in [0.29, 0.717) is 32.7 Å². The summed E-state index contributed by atoms with van der Waals surface area (Å²) in [7, 11) is -1.59. The van der Waals surface area contributed by atoms with E-state index in [9.17, 15) is 8.42 Å². The molecule has 0 saturated heterocycles. The molecule has 10 nitrogen and oxygen atoms in total. The van der Waals surface area contributed by atoms with Gasteiger partial charge in [0, 0.05) is 57.7 Å². The Morgan fingerprint density at radius 1 is 0.947 bits per heavy atom. The van der Waals surface area contributed by atoms with Gasteiger partial charge in [0.05, 0.1) is 23.7 Å². The van der Waals surface area contributed by atoms with Gasteiger partial charge in [-0.05, 0) is 55.6 Å². The molecule has 0 aliphatic carbocycles. The number of nitrogens with one attached hydrogen (secondary N) is 3. The molecule has 11 heteroatoms. The molecule has 4 aromatic rings. The number of aryl methyl sites for hydroxylation is 2. The first-order chi connectivity index (χ1) is 18.4. The molecule has 3 heterocycles.